The van der Waals surface area contributed by atoms with E-state index in [0.29, 0.717) is 12.5 Å². The first-order chi connectivity index (χ1) is 13.7. The van der Waals surface area contributed by atoms with Gasteiger partial charge in [0.2, 0.25) is 0 Å². The molecule has 0 spiro atoms. The molecule has 0 N–H and O–H groups in total. The lowest BCUT2D eigenvalue weighted by molar-refractivity contribution is 0.0725. The van der Waals surface area contributed by atoms with E-state index in [4.69, 9.17) is 4.74 Å². The average Bonchev–Trinajstić information content (AvgIpc) is 3.05. The molecular formula is C24H28FNO2. The molecular weight excluding hydrogens is 353 g/mol. The smallest absolute Gasteiger partial charge is 0.257 e. The third-order valence-corrected chi connectivity index (χ3v) is 6.31. The maximum Gasteiger partial charge on any atom is 0.257 e. The van der Waals surface area contributed by atoms with Crippen LogP contribution in [0.25, 0.3) is 0 Å². The third kappa shape index (κ3) is 3.91. The summed E-state index contributed by atoms with van der Waals surface area (Å²) in [6.45, 7) is 3.79. The van der Waals surface area contributed by atoms with Gasteiger partial charge in [-0.2, -0.15) is 0 Å². The van der Waals surface area contributed by atoms with Crippen molar-refractivity contribution in [2.24, 2.45) is 11.8 Å². The Labute approximate surface area is 166 Å². The maximum atomic E-state index is 15.0. The molecule has 4 heteroatoms. The molecule has 28 heavy (non-hydrogen) atoms. The molecule has 1 aliphatic heterocycles. The van der Waals surface area contributed by atoms with Gasteiger partial charge in [-0.25, -0.2) is 4.39 Å². The van der Waals surface area contributed by atoms with E-state index in [0.717, 1.165) is 23.6 Å². The topological polar surface area (TPSA) is 29.5 Å². The second-order valence-corrected chi connectivity index (χ2v) is 8.17. The van der Waals surface area contributed by atoms with Crippen LogP contribution in [0.1, 0.15) is 60.5 Å². The fourth-order valence-electron chi connectivity index (χ4n) is 4.52. The van der Waals surface area contributed by atoms with E-state index in [1.54, 1.807) is 6.07 Å². The Bertz CT molecular complexity index is 828. The average molecular weight is 381 g/mol. The lowest BCUT2D eigenvalue weighted by Gasteiger charge is -2.30. The molecule has 1 heterocycles. The van der Waals surface area contributed by atoms with Gasteiger partial charge in [-0.1, -0.05) is 62.6 Å². The number of hydrogen-bond donors (Lipinski definition) is 0. The van der Waals surface area contributed by atoms with Crippen LogP contribution in [-0.4, -0.2) is 17.4 Å². The number of benzene rings is 2. The van der Waals surface area contributed by atoms with Gasteiger partial charge in [0.05, 0.1) is 5.56 Å². The number of halogens is 1. The Morgan fingerprint density at radius 3 is 2.46 bits per heavy atom. The number of hydrogen-bond acceptors (Lipinski definition) is 2. The number of rotatable bonds is 6. The summed E-state index contributed by atoms with van der Waals surface area (Å²) < 4.78 is 20.7. The van der Waals surface area contributed by atoms with Gasteiger partial charge in [-0.3, -0.25) is 4.79 Å². The molecule has 0 bridgehead atoms. The van der Waals surface area contributed by atoms with Crippen LogP contribution in [0, 0.1) is 17.7 Å². The molecule has 0 aromatic heterocycles. The zero-order valence-electron chi connectivity index (χ0n) is 16.5. The molecule has 3 nitrogen and oxygen atoms in total. The van der Waals surface area contributed by atoms with Crippen molar-refractivity contribution in [1.29, 1.82) is 0 Å². The zero-order valence-corrected chi connectivity index (χ0v) is 16.5. The first kappa shape index (κ1) is 19.0. The van der Waals surface area contributed by atoms with Gasteiger partial charge >= 0.3 is 0 Å². The highest BCUT2D eigenvalue weighted by Gasteiger charge is 2.34. The first-order valence-electron chi connectivity index (χ1n) is 10.4. The van der Waals surface area contributed by atoms with Crippen molar-refractivity contribution in [3.63, 3.8) is 0 Å². The van der Waals surface area contributed by atoms with Gasteiger partial charge in [0.25, 0.3) is 5.91 Å². The van der Waals surface area contributed by atoms with Crippen molar-refractivity contribution in [3.8, 4) is 5.75 Å². The van der Waals surface area contributed by atoms with Gasteiger partial charge in [-0.05, 0) is 41.9 Å². The van der Waals surface area contributed by atoms with E-state index in [-0.39, 0.29) is 23.8 Å². The van der Waals surface area contributed by atoms with E-state index >= 15 is 4.39 Å². The van der Waals surface area contributed by atoms with E-state index < -0.39 is 5.82 Å². The van der Waals surface area contributed by atoms with Crippen molar-refractivity contribution in [3.05, 3.63) is 65.0 Å². The van der Waals surface area contributed by atoms with Crippen LogP contribution in [0.2, 0.25) is 0 Å². The van der Waals surface area contributed by atoms with Crippen LogP contribution in [0.5, 0.6) is 5.75 Å². The number of amides is 1. The van der Waals surface area contributed by atoms with Crippen molar-refractivity contribution < 1.29 is 13.9 Å². The van der Waals surface area contributed by atoms with Crippen molar-refractivity contribution >= 4 is 5.91 Å². The third-order valence-electron chi connectivity index (χ3n) is 6.31. The molecule has 0 radical (unpaired) electrons. The van der Waals surface area contributed by atoms with Crippen molar-refractivity contribution in [2.75, 3.05) is 6.54 Å². The maximum absolute atomic E-state index is 15.0. The normalized spacial score (nSPS) is 21.6. The van der Waals surface area contributed by atoms with Crippen LogP contribution in [0.4, 0.5) is 4.39 Å². The van der Waals surface area contributed by atoms with Crippen LogP contribution >= 0.6 is 0 Å². The van der Waals surface area contributed by atoms with Crippen LogP contribution in [0.3, 0.4) is 0 Å². The molecule has 1 aliphatic carbocycles. The standard InChI is InChI=1S/C24H28FNO2/c1-2-17-8-10-18(11-9-17)14-26-15-20-12-13-21(23(25)22(20)24(26)27)28-16-19-6-4-3-5-7-19/h3-7,12-13,17-18H,2,8-11,14-16H2,1H3. The molecule has 2 aliphatic rings. The second-order valence-electron chi connectivity index (χ2n) is 8.17. The number of fused-ring (bicyclic) bond motifs is 1. The van der Waals surface area contributed by atoms with Crippen LogP contribution in [0.15, 0.2) is 42.5 Å². The molecule has 0 unspecified atom stereocenters. The number of carbonyl (C=O) groups is 1. The Morgan fingerprint density at radius 1 is 1.04 bits per heavy atom. The molecule has 0 saturated heterocycles. The van der Waals surface area contributed by atoms with Crippen molar-refractivity contribution in [2.45, 2.75) is 52.2 Å². The Morgan fingerprint density at radius 2 is 1.75 bits per heavy atom. The van der Waals surface area contributed by atoms with Gasteiger partial charge in [-0.15, -0.1) is 0 Å². The summed E-state index contributed by atoms with van der Waals surface area (Å²) >= 11 is 0. The summed E-state index contributed by atoms with van der Waals surface area (Å²) in [6.07, 6.45) is 6.10. The minimum absolute atomic E-state index is 0.154. The van der Waals surface area contributed by atoms with E-state index in [1.165, 1.54) is 32.1 Å². The minimum Gasteiger partial charge on any atom is -0.486 e. The summed E-state index contributed by atoms with van der Waals surface area (Å²) in [4.78, 5) is 14.7. The van der Waals surface area contributed by atoms with E-state index in [1.807, 2.05) is 41.3 Å². The fraction of sp³-hybridized carbons (Fsp3) is 0.458. The number of nitrogens with zero attached hydrogens (tertiary/aromatic N) is 1. The quantitative estimate of drug-likeness (QED) is 0.654. The molecule has 0 atom stereocenters. The van der Waals surface area contributed by atoms with Gasteiger partial charge in [0, 0.05) is 13.1 Å². The summed E-state index contributed by atoms with van der Waals surface area (Å²) in [5, 5.41) is 0. The highest BCUT2D eigenvalue weighted by Crippen LogP contribution is 2.35. The molecule has 1 fully saturated rings. The van der Waals surface area contributed by atoms with Crippen LogP contribution in [-0.2, 0) is 13.2 Å². The molecule has 1 saturated carbocycles. The lowest BCUT2D eigenvalue weighted by atomic mass is 9.80. The zero-order chi connectivity index (χ0) is 19.5. The number of carbonyl (C=O) groups excluding carboxylic acids is 1. The predicted molar refractivity (Wildman–Crippen MR) is 108 cm³/mol. The molecule has 4 rings (SSSR count). The molecule has 2 aromatic rings. The lowest BCUT2D eigenvalue weighted by Crippen LogP contribution is -2.32. The highest BCUT2D eigenvalue weighted by molar-refractivity contribution is 5.99. The van der Waals surface area contributed by atoms with E-state index in [9.17, 15) is 4.79 Å². The number of ether oxygens (including phenoxy) is 1. The predicted octanol–water partition coefficient (Wildman–Crippen LogP) is 5.58. The highest BCUT2D eigenvalue weighted by atomic mass is 19.1. The summed E-state index contributed by atoms with van der Waals surface area (Å²) in [7, 11) is 0. The summed E-state index contributed by atoms with van der Waals surface area (Å²) in [5.41, 5.74) is 1.95. The monoisotopic (exact) mass is 381 g/mol. The van der Waals surface area contributed by atoms with Gasteiger partial charge in [0.1, 0.15) is 6.61 Å². The van der Waals surface area contributed by atoms with Crippen molar-refractivity contribution in [1.82, 2.24) is 4.90 Å². The minimum atomic E-state index is -0.518. The van der Waals surface area contributed by atoms with Gasteiger partial charge < -0.3 is 9.64 Å². The molecule has 1 amide bonds. The second kappa shape index (κ2) is 8.34. The first-order valence-corrected chi connectivity index (χ1v) is 10.4. The largest absolute Gasteiger partial charge is 0.486 e. The fourth-order valence-corrected chi connectivity index (χ4v) is 4.52. The Kier molecular flexibility index (Phi) is 5.65. The Hall–Kier alpha value is -2.36. The summed E-state index contributed by atoms with van der Waals surface area (Å²) in [6, 6.07) is 13.1. The van der Waals surface area contributed by atoms with Crippen LogP contribution < -0.4 is 4.74 Å². The molecule has 2 aromatic carbocycles. The Balaban J connectivity index is 1.42. The molecule has 148 valence electrons. The van der Waals surface area contributed by atoms with Gasteiger partial charge in [0.15, 0.2) is 11.6 Å². The van der Waals surface area contributed by atoms with E-state index in [2.05, 4.69) is 6.92 Å². The SMILES string of the molecule is CCC1CCC(CN2Cc3ccc(OCc4ccccc4)c(F)c3C2=O)CC1. The summed E-state index contributed by atoms with van der Waals surface area (Å²) in [5.74, 6) is 0.828.